The number of rotatable bonds is 4. The first-order valence-electron chi connectivity index (χ1n) is 4.70. The number of nitrogens with zero attached hydrogens (tertiary/aromatic N) is 1. The van der Waals surface area contributed by atoms with Crippen LogP contribution in [0.15, 0.2) is 0 Å². The van der Waals surface area contributed by atoms with Gasteiger partial charge in [-0.2, -0.15) is 8.42 Å². The predicted molar refractivity (Wildman–Crippen MR) is 54.7 cm³/mol. The first-order chi connectivity index (χ1) is 7.33. The zero-order valence-electron chi connectivity index (χ0n) is 9.12. The molecule has 0 aromatic heterocycles. The summed E-state index contributed by atoms with van der Waals surface area (Å²) in [5.41, 5.74) is 0. The van der Waals surface area contributed by atoms with Gasteiger partial charge in [-0.05, 0) is 6.42 Å². The summed E-state index contributed by atoms with van der Waals surface area (Å²) in [5, 5.41) is 8.89. The van der Waals surface area contributed by atoms with Gasteiger partial charge in [-0.25, -0.2) is 4.79 Å². The molecule has 0 aromatic rings. The molecule has 1 saturated heterocycles. The van der Waals surface area contributed by atoms with E-state index in [1.807, 2.05) is 0 Å². The minimum absolute atomic E-state index is 0.0520. The number of amides is 1. The quantitative estimate of drug-likeness (QED) is 0.693. The molecule has 2 atom stereocenters. The Morgan fingerprint density at radius 2 is 2.19 bits per heavy atom. The number of likely N-dealkylation sites (tertiary alicyclic amines) is 1. The number of carbonyl (C=O) groups is 1. The lowest BCUT2D eigenvalue weighted by molar-refractivity contribution is 0.0987. The summed E-state index contributed by atoms with van der Waals surface area (Å²) in [6, 6.07) is -0.353. The topological polar surface area (TPSA) is 93.1 Å². The van der Waals surface area contributed by atoms with Gasteiger partial charge in [0.2, 0.25) is 0 Å². The summed E-state index contributed by atoms with van der Waals surface area (Å²) in [5.74, 6) is 0. The summed E-state index contributed by atoms with van der Waals surface area (Å²) in [4.78, 5) is 12.0. The highest BCUT2D eigenvalue weighted by Crippen LogP contribution is 2.21. The highest BCUT2D eigenvalue weighted by atomic mass is 32.2. The van der Waals surface area contributed by atoms with Crippen molar-refractivity contribution < 1.29 is 27.2 Å². The van der Waals surface area contributed by atoms with Gasteiger partial charge < -0.3 is 14.7 Å². The monoisotopic (exact) mass is 253 g/mol. The van der Waals surface area contributed by atoms with Crippen molar-refractivity contribution in [3.8, 4) is 0 Å². The second kappa shape index (κ2) is 4.98. The normalized spacial score (nSPS) is 26.0. The van der Waals surface area contributed by atoms with E-state index in [4.69, 9.17) is 14.0 Å². The lowest BCUT2D eigenvalue weighted by Crippen LogP contribution is -2.37. The van der Waals surface area contributed by atoms with Crippen molar-refractivity contribution in [3.05, 3.63) is 0 Å². The molecular weight excluding hydrogens is 238 g/mol. The van der Waals surface area contributed by atoms with Crippen LogP contribution >= 0.6 is 0 Å². The molecule has 0 unspecified atom stereocenters. The van der Waals surface area contributed by atoms with Crippen LogP contribution in [0.25, 0.3) is 0 Å². The molecule has 0 spiro atoms. The highest BCUT2D eigenvalue weighted by Gasteiger charge is 2.37. The molecule has 1 aliphatic rings. The molecule has 1 aliphatic heterocycles. The largest absolute Gasteiger partial charge is 0.465 e. The van der Waals surface area contributed by atoms with E-state index in [1.165, 1.54) is 7.11 Å². The average molecular weight is 253 g/mol. The van der Waals surface area contributed by atoms with Gasteiger partial charge in [-0.3, -0.25) is 4.18 Å². The standard InChI is InChI=1S/C8H15NO6S/c1-14-5-6-3-7(15-16(2,12)13)4-9(6)8(10)11/h6-7H,3-5H2,1-2H3,(H,10,11)/t6-,7-/m1/s1. The van der Waals surface area contributed by atoms with Gasteiger partial charge in [-0.15, -0.1) is 0 Å². The molecule has 1 rings (SSSR count). The first kappa shape index (κ1) is 13.2. The molecular formula is C8H15NO6S. The minimum atomic E-state index is -3.56. The van der Waals surface area contributed by atoms with E-state index in [0.717, 1.165) is 11.2 Å². The second-order valence-electron chi connectivity index (χ2n) is 3.70. The summed E-state index contributed by atoms with van der Waals surface area (Å²) >= 11 is 0. The predicted octanol–water partition coefficient (Wildman–Crippen LogP) is -0.270. The number of ether oxygens (including phenoxy) is 1. The number of hydrogen-bond donors (Lipinski definition) is 1. The fourth-order valence-electron chi connectivity index (χ4n) is 1.78. The van der Waals surface area contributed by atoms with Crippen molar-refractivity contribution in [1.29, 1.82) is 0 Å². The zero-order chi connectivity index (χ0) is 12.3. The average Bonchev–Trinajstić information content (AvgIpc) is 2.45. The number of methoxy groups -OCH3 is 1. The highest BCUT2D eigenvalue weighted by molar-refractivity contribution is 7.86. The molecule has 0 aliphatic carbocycles. The van der Waals surface area contributed by atoms with Crippen LogP contribution in [-0.2, 0) is 19.0 Å². The van der Waals surface area contributed by atoms with Crippen molar-refractivity contribution >= 4 is 16.2 Å². The molecule has 1 fully saturated rings. The van der Waals surface area contributed by atoms with Crippen LogP contribution in [0.2, 0.25) is 0 Å². The molecule has 0 saturated carbocycles. The van der Waals surface area contributed by atoms with E-state index in [-0.39, 0.29) is 19.2 Å². The fraction of sp³-hybridized carbons (Fsp3) is 0.875. The molecule has 7 nitrogen and oxygen atoms in total. The Morgan fingerprint density at radius 3 is 2.62 bits per heavy atom. The van der Waals surface area contributed by atoms with Crippen LogP contribution in [0.1, 0.15) is 6.42 Å². The smallest absolute Gasteiger partial charge is 0.407 e. The molecule has 0 bridgehead atoms. The Balaban J connectivity index is 2.65. The molecule has 16 heavy (non-hydrogen) atoms. The van der Waals surface area contributed by atoms with Crippen LogP contribution < -0.4 is 0 Å². The zero-order valence-corrected chi connectivity index (χ0v) is 9.94. The minimum Gasteiger partial charge on any atom is -0.465 e. The van der Waals surface area contributed by atoms with Gasteiger partial charge in [0.1, 0.15) is 0 Å². The van der Waals surface area contributed by atoms with E-state index >= 15 is 0 Å². The summed E-state index contributed by atoms with van der Waals surface area (Å²) in [6.07, 6.45) is -0.442. The third kappa shape index (κ3) is 3.62. The van der Waals surface area contributed by atoms with Crippen molar-refractivity contribution in [2.24, 2.45) is 0 Å². The second-order valence-corrected chi connectivity index (χ2v) is 5.30. The van der Waals surface area contributed by atoms with Gasteiger partial charge >= 0.3 is 6.09 Å². The Morgan fingerprint density at radius 1 is 1.56 bits per heavy atom. The molecule has 0 radical (unpaired) electrons. The maximum Gasteiger partial charge on any atom is 0.407 e. The lowest BCUT2D eigenvalue weighted by atomic mass is 10.2. The molecule has 94 valence electrons. The van der Waals surface area contributed by atoms with Gasteiger partial charge in [0.15, 0.2) is 0 Å². The summed E-state index contributed by atoms with van der Waals surface area (Å²) in [7, 11) is -2.09. The van der Waals surface area contributed by atoms with Crippen LogP contribution in [0.3, 0.4) is 0 Å². The molecule has 1 N–H and O–H groups in total. The van der Waals surface area contributed by atoms with E-state index in [0.29, 0.717) is 6.42 Å². The van der Waals surface area contributed by atoms with E-state index in [9.17, 15) is 13.2 Å². The van der Waals surface area contributed by atoms with E-state index in [1.54, 1.807) is 0 Å². The van der Waals surface area contributed by atoms with Gasteiger partial charge in [0.05, 0.1) is 31.6 Å². The third-order valence-corrected chi connectivity index (χ3v) is 2.91. The van der Waals surface area contributed by atoms with Gasteiger partial charge in [0.25, 0.3) is 10.1 Å². The van der Waals surface area contributed by atoms with Crippen LogP contribution in [0, 0.1) is 0 Å². The van der Waals surface area contributed by atoms with Crippen molar-refractivity contribution in [2.75, 3.05) is 26.5 Å². The molecule has 1 heterocycles. The van der Waals surface area contributed by atoms with Crippen molar-refractivity contribution in [1.82, 2.24) is 4.90 Å². The van der Waals surface area contributed by atoms with E-state index < -0.39 is 22.3 Å². The van der Waals surface area contributed by atoms with Crippen molar-refractivity contribution in [2.45, 2.75) is 18.6 Å². The lowest BCUT2D eigenvalue weighted by Gasteiger charge is -2.19. The molecule has 8 heteroatoms. The Labute approximate surface area is 94.1 Å². The van der Waals surface area contributed by atoms with Crippen LogP contribution in [0.4, 0.5) is 4.79 Å². The maximum atomic E-state index is 10.9. The van der Waals surface area contributed by atoms with Gasteiger partial charge in [0, 0.05) is 7.11 Å². The Hall–Kier alpha value is -0.860. The molecule has 0 aromatic carbocycles. The van der Waals surface area contributed by atoms with Crippen molar-refractivity contribution in [3.63, 3.8) is 0 Å². The number of carboxylic acid groups (broad SMARTS) is 1. The SMILES string of the molecule is COC[C@H]1C[C@@H](OS(C)(=O)=O)CN1C(=O)O. The Kier molecular flexibility index (Phi) is 4.11. The van der Waals surface area contributed by atoms with Crippen LogP contribution in [-0.4, -0.2) is 63.2 Å². The fourth-order valence-corrected chi connectivity index (χ4v) is 2.41. The van der Waals surface area contributed by atoms with E-state index in [2.05, 4.69) is 0 Å². The molecule has 1 amide bonds. The first-order valence-corrected chi connectivity index (χ1v) is 6.52. The van der Waals surface area contributed by atoms with Gasteiger partial charge in [-0.1, -0.05) is 0 Å². The van der Waals surface area contributed by atoms with Crippen LogP contribution in [0.5, 0.6) is 0 Å². The third-order valence-electron chi connectivity index (χ3n) is 2.29. The summed E-state index contributed by atoms with van der Waals surface area (Å²) in [6.45, 7) is 0.284. The summed E-state index contributed by atoms with van der Waals surface area (Å²) < 4.78 is 31.5. The number of hydrogen-bond acceptors (Lipinski definition) is 5. The Bertz CT molecular complexity index is 354. The maximum absolute atomic E-state index is 10.9.